The third-order valence-corrected chi connectivity index (χ3v) is 5.86. The fourth-order valence-corrected chi connectivity index (χ4v) is 4.23. The van der Waals surface area contributed by atoms with Crippen LogP contribution < -0.4 is 11.1 Å². The second-order valence-electron chi connectivity index (χ2n) is 7.62. The van der Waals surface area contributed by atoms with Crippen LogP contribution in [0.1, 0.15) is 37.7 Å². The van der Waals surface area contributed by atoms with E-state index in [1.807, 2.05) is 12.1 Å². The summed E-state index contributed by atoms with van der Waals surface area (Å²) in [7, 11) is 0. The lowest BCUT2D eigenvalue weighted by Crippen LogP contribution is -2.34. The van der Waals surface area contributed by atoms with Crippen LogP contribution in [0.2, 0.25) is 0 Å². The molecule has 4 N–H and O–H groups in total. The largest absolute Gasteiger partial charge is 0.396 e. The van der Waals surface area contributed by atoms with Gasteiger partial charge >= 0.3 is 0 Å². The highest BCUT2D eigenvalue weighted by Crippen LogP contribution is 2.32. The van der Waals surface area contributed by atoms with Crippen molar-refractivity contribution in [3.63, 3.8) is 0 Å². The number of benzene rings is 1. The number of hydrogen-bond acceptors (Lipinski definition) is 4. The molecule has 2 atom stereocenters. The number of piperidine rings is 1. The van der Waals surface area contributed by atoms with Crippen molar-refractivity contribution in [2.45, 2.75) is 38.6 Å². The number of carbonyl (C=O) groups excluding carboxylic acids is 1. The van der Waals surface area contributed by atoms with Crippen molar-refractivity contribution >= 4 is 11.6 Å². The molecule has 1 heterocycles. The lowest BCUT2D eigenvalue weighted by Gasteiger charge is -2.31. The average molecular weight is 345 g/mol. The van der Waals surface area contributed by atoms with Gasteiger partial charge in [-0.2, -0.15) is 0 Å². The number of nitrogens with two attached hydrogens (primary N) is 1. The smallest absolute Gasteiger partial charge is 0.227 e. The zero-order chi connectivity index (χ0) is 17.6. The van der Waals surface area contributed by atoms with Crippen LogP contribution in [0.3, 0.4) is 0 Å². The summed E-state index contributed by atoms with van der Waals surface area (Å²) < 4.78 is 0. The molecule has 0 unspecified atom stereocenters. The molecule has 2 fully saturated rings. The van der Waals surface area contributed by atoms with E-state index in [-0.39, 0.29) is 11.8 Å². The Kier molecular flexibility index (Phi) is 6.45. The van der Waals surface area contributed by atoms with Gasteiger partial charge in [-0.25, -0.2) is 0 Å². The molecule has 138 valence electrons. The van der Waals surface area contributed by atoms with E-state index in [1.54, 1.807) is 0 Å². The molecule has 1 saturated carbocycles. The van der Waals surface area contributed by atoms with Gasteiger partial charge in [0.25, 0.3) is 0 Å². The van der Waals surface area contributed by atoms with Gasteiger partial charge in [-0.3, -0.25) is 9.69 Å². The molecule has 1 aromatic rings. The number of rotatable bonds is 6. The summed E-state index contributed by atoms with van der Waals surface area (Å²) in [5, 5.41) is 12.3. The maximum Gasteiger partial charge on any atom is 0.227 e. The van der Waals surface area contributed by atoms with Crippen molar-refractivity contribution in [3.05, 3.63) is 29.8 Å². The molecule has 25 heavy (non-hydrogen) atoms. The maximum absolute atomic E-state index is 12.6. The second kappa shape index (κ2) is 8.79. The molecule has 1 amide bonds. The normalized spacial score (nSPS) is 25.2. The van der Waals surface area contributed by atoms with Crippen LogP contribution in [0.5, 0.6) is 0 Å². The van der Waals surface area contributed by atoms with Gasteiger partial charge in [0.1, 0.15) is 0 Å². The highest BCUT2D eigenvalue weighted by atomic mass is 16.3. The van der Waals surface area contributed by atoms with E-state index in [2.05, 4.69) is 22.3 Å². The average Bonchev–Trinajstić information content (AvgIpc) is 3.11. The van der Waals surface area contributed by atoms with Gasteiger partial charge in [-0.05, 0) is 74.8 Å². The van der Waals surface area contributed by atoms with E-state index < -0.39 is 0 Å². The molecule has 0 radical (unpaired) electrons. The van der Waals surface area contributed by atoms with Crippen molar-refractivity contribution in [2.75, 3.05) is 31.6 Å². The molecule has 3 rings (SSSR count). The molecule has 2 aliphatic rings. The van der Waals surface area contributed by atoms with E-state index in [0.717, 1.165) is 57.4 Å². The molecule has 0 spiro atoms. The number of aliphatic hydroxyl groups is 1. The highest BCUT2D eigenvalue weighted by molar-refractivity contribution is 5.93. The van der Waals surface area contributed by atoms with Crippen LogP contribution in [-0.2, 0) is 11.3 Å². The van der Waals surface area contributed by atoms with E-state index in [1.165, 1.54) is 5.56 Å². The Morgan fingerprint density at radius 3 is 2.76 bits per heavy atom. The maximum atomic E-state index is 12.6. The first-order valence-electron chi connectivity index (χ1n) is 9.62. The summed E-state index contributed by atoms with van der Waals surface area (Å²) in [5.41, 5.74) is 7.91. The van der Waals surface area contributed by atoms with Crippen LogP contribution in [0, 0.1) is 17.8 Å². The number of aliphatic hydroxyl groups excluding tert-OH is 1. The molecule has 5 nitrogen and oxygen atoms in total. The Balaban J connectivity index is 1.55. The number of hydrogen-bond donors (Lipinski definition) is 3. The summed E-state index contributed by atoms with van der Waals surface area (Å²) in [6, 6.07) is 8.18. The third-order valence-electron chi connectivity index (χ3n) is 5.86. The minimum absolute atomic E-state index is 0.0613. The summed E-state index contributed by atoms with van der Waals surface area (Å²) in [6.07, 6.45) is 5.25. The summed E-state index contributed by atoms with van der Waals surface area (Å²) in [5.74, 6) is 0.972. The topological polar surface area (TPSA) is 78.6 Å². The minimum Gasteiger partial charge on any atom is -0.396 e. The van der Waals surface area contributed by atoms with Gasteiger partial charge in [-0.15, -0.1) is 0 Å². The predicted molar refractivity (Wildman–Crippen MR) is 100 cm³/mol. The fraction of sp³-hybridized carbons (Fsp3) is 0.650. The lowest BCUT2D eigenvalue weighted by molar-refractivity contribution is -0.120. The van der Waals surface area contributed by atoms with Crippen molar-refractivity contribution in [3.8, 4) is 0 Å². The molecule has 0 bridgehead atoms. The van der Waals surface area contributed by atoms with Crippen LogP contribution in [0.25, 0.3) is 0 Å². The first kappa shape index (κ1) is 18.4. The quantitative estimate of drug-likeness (QED) is 0.739. The zero-order valence-electron chi connectivity index (χ0n) is 15.0. The van der Waals surface area contributed by atoms with Crippen LogP contribution in [0.4, 0.5) is 5.69 Å². The van der Waals surface area contributed by atoms with E-state index in [9.17, 15) is 9.90 Å². The van der Waals surface area contributed by atoms with Gasteiger partial charge in [0.05, 0.1) is 0 Å². The Bertz CT molecular complexity index is 570. The number of carbonyl (C=O) groups is 1. The highest BCUT2D eigenvalue weighted by Gasteiger charge is 2.31. The number of anilines is 1. The van der Waals surface area contributed by atoms with Crippen LogP contribution in [0.15, 0.2) is 24.3 Å². The SMILES string of the molecule is NC[C@H]1CCC[C@H]1C(=O)Nc1cccc(CN2CCC(CO)CC2)c1. The predicted octanol–water partition coefficient (Wildman–Crippen LogP) is 2.20. The van der Waals surface area contributed by atoms with Gasteiger partial charge in [0.15, 0.2) is 0 Å². The molecule has 5 heteroatoms. The standard InChI is InChI=1S/C20H31N3O2/c21-12-17-4-2-6-19(17)20(25)22-18-5-1-3-16(11-18)13-23-9-7-15(14-24)8-10-23/h1,3,5,11,15,17,19,24H,2,4,6-10,12-14,21H2,(H,22,25)/t17-,19-/m1/s1. The summed E-state index contributed by atoms with van der Waals surface area (Å²) in [6.45, 7) is 3.86. The van der Waals surface area contributed by atoms with Crippen molar-refractivity contribution in [2.24, 2.45) is 23.5 Å². The van der Waals surface area contributed by atoms with E-state index >= 15 is 0 Å². The van der Waals surface area contributed by atoms with Crippen LogP contribution in [-0.4, -0.2) is 42.2 Å². The van der Waals surface area contributed by atoms with E-state index in [0.29, 0.717) is 25.0 Å². The van der Waals surface area contributed by atoms with Gasteiger partial charge < -0.3 is 16.2 Å². The Morgan fingerprint density at radius 1 is 1.24 bits per heavy atom. The fourth-order valence-electron chi connectivity index (χ4n) is 4.23. The van der Waals surface area contributed by atoms with Crippen molar-refractivity contribution in [1.29, 1.82) is 0 Å². The first-order valence-corrected chi connectivity index (χ1v) is 9.62. The molecular weight excluding hydrogens is 314 g/mol. The van der Waals surface area contributed by atoms with E-state index in [4.69, 9.17) is 5.73 Å². The van der Waals surface area contributed by atoms with Crippen molar-refractivity contribution in [1.82, 2.24) is 4.90 Å². The van der Waals surface area contributed by atoms with Gasteiger partial charge in [0.2, 0.25) is 5.91 Å². The molecule has 1 aliphatic heterocycles. The molecule has 1 aromatic carbocycles. The van der Waals surface area contributed by atoms with Crippen molar-refractivity contribution < 1.29 is 9.90 Å². The minimum atomic E-state index is 0.0613. The third kappa shape index (κ3) is 4.81. The lowest BCUT2D eigenvalue weighted by atomic mass is 9.95. The number of nitrogens with one attached hydrogen (secondary N) is 1. The Hall–Kier alpha value is -1.43. The van der Waals surface area contributed by atoms with Gasteiger partial charge in [0, 0.05) is 24.8 Å². The zero-order valence-corrected chi connectivity index (χ0v) is 15.0. The van der Waals surface area contributed by atoms with Crippen LogP contribution >= 0.6 is 0 Å². The molecule has 0 aromatic heterocycles. The monoisotopic (exact) mass is 345 g/mol. The molecule has 1 saturated heterocycles. The summed E-state index contributed by atoms with van der Waals surface area (Å²) >= 11 is 0. The number of amides is 1. The molecular formula is C20H31N3O2. The van der Waals surface area contributed by atoms with Gasteiger partial charge in [-0.1, -0.05) is 18.6 Å². The number of likely N-dealkylation sites (tertiary alicyclic amines) is 1. The second-order valence-corrected chi connectivity index (χ2v) is 7.62. The molecule has 1 aliphatic carbocycles. The summed E-state index contributed by atoms with van der Waals surface area (Å²) in [4.78, 5) is 15.0. The Labute approximate surface area is 150 Å². The Morgan fingerprint density at radius 2 is 2.04 bits per heavy atom. The number of nitrogens with zero attached hydrogens (tertiary/aromatic N) is 1. The first-order chi connectivity index (χ1) is 12.2.